The molecule has 0 fully saturated rings. The Morgan fingerprint density at radius 3 is 2.84 bits per heavy atom. The van der Waals surface area contributed by atoms with E-state index in [0.717, 1.165) is 10.7 Å². The predicted molar refractivity (Wildman–Crippen MR) is 73.9 cm³/mol. The van der Waals surface area contributed by atoms with E-state index in [0.29, 0.717) is 6.42 Å². The monoisotopic (exact) mass is 298 g/mol. The van der Waals surface area contributed by atoms with Crippen LogP contribution in [0, 0.1) is 6.92 Å². The van der Waals surface area contributed by atoms with Crippen molar-refractivity contribution in [2.45, 2.75) is 18.2 Å². The summed E-state index contributed by atoms with van der Waals surface area (Å²) < 4.78 is 26.4. The Hall–Kier alpha value is -1.44. The van der Waals surface area contributed by atoms with E-state index in [4.69, 9.17) is 0 Å². The number of phenols is 1. The Kier molecular flexibility index (Phi) is 4.18. The third-order valence-electron chi connectivity index (χ3n) is 2.43. The summed E-state index contributed by atoms with van der Waals surface area (Å²) in [4.78, 5) is 4.32. The van der Waals surface area contributed by atoms with Gasteiger partial charge >= 0.3 is 0 Å². The summed E-state index contributed by atoms with van der Waals surface area (Å²) in [6.07, 6.45) is 0.552. The summed E-state index contributed by atoms with van der Waals surface area (Å²) in [6.45, 7) is 2.18. The highest BCUT2D eigenvalue weighted by Gasteiger charge is 2.13. The van der Waals surface area contributed by atoms with E-state index >= 15 is 0 Å². The van der Waals surface area contributed by atoms with Crippen molar-refractivity contribution in [1.82, 2.24) is 9.71 Å². The average molecular weight is 298 g/mol. The van der Waals surface area contributed by atoms with Crippen LogP contribution in [0.25, 0.3) is 0 Å². The molecular weight excluding hydrogens is 284 g/mol. The Bertz CT molecular complexity index is 665. The lowest BCUT2D eigenvalue weighted by Crippen LogP contribution is -2.25. The second kappa shape index (κ2) is 5.68. The second-order valence-electron chi connectivity index (χ2n) is 4.03. The van der Waals surface area contributed by atoms with E-state index in [1.54, 1.807) is 0 Å². The van der Waals surface area contributed by atoms with Crippen LogP contribution in [0.3, 0.4) is 0 Å². The minimum atomic E-state index is -3.58. The van der Waals surface area contributed by atoms with Crippen molar-refractivity contribution < 1.29 is 13.5 Å². The number of aromatic nitrogens is 1. The molecule has 0 amide bonds. The van der Waals surface area contributed by atoms with Crippen LogP contribution in [0.2, 0.25) is 0 Å². The molecule has 2 aromatic rings. The highest BCUT2D eigenvalue weighted by molar-refractivity contribution is 7.89. The molecule has 19 heavy (non-hydrogen) atoms. The van der Waals surface area contributed by atoms with Crippen LogP contribution in [-0.2, 0) is 16.4 Å². The van der Waals surface area contributed by atoms with Gasteiger partial charge in [-0.15, -0.1) is 11.3 Å². The first-order valence-corrected chi connectivity index (χ1v) is 8.03. The van der Waals surface area contributed by atoms with Gasteiger partial charge in [0.2, 0.25) is 10.0 Å². The molecule has 0 radical (unpaired) electrons. The van der Waals surface area contributed by atoms with Crippen LogP contribution in [0.1, 0.15) is 10.7 Å². The minimum absolute atomic E-state index is 0.0582. The normalized spacial score (nSPS) is 11.6. The molecule has 0 saturated carbocycles. The van der Waals surface area contributed by atoms with E-state index in [2.05, 4.69) is 9.71 Å². The van der Waals surface area contributed by atoms with Crippen molar-refractivity contribution in [2.24, 2.45) is 0 Å². The van der Waals surface area contributed by atoms with Crippen LogP contribution >= 0.6 is 11.3 Å². The maximum Gasteiger partial charge on any atom is 0.240 e. The van der Waals surface area contributed by atoms with Gasteiger partial charge in [-0.05, 0) is 25.1 Å². The summed E-state index contributed by atoms with van der Waals surface area (Å²) in [7, 11) is -3.58. The van der Waals surface area contributed by atoms with Gasteiger partial charge in [0.15, 0.2) is 0 Å². The number of benzene rings is 1. The summed E-state index contributed by atoms with van der Waals surface area (Å²) in [5.41, 5.74) is 0.941. The molecule has 5 nitrogen and oxygen atoms in total. The number of aryl methyl sites for hydroxylation is 1. The first-order chi connectivity index (χ1) is 8.97. The maximum atomic E-state index is 11.9. The number of hydrogen-bond donors (Lipinski definition) is 2. The van der Waals surface area contributed by atoms with Crippen molar-refractivity contribution >= 4 is 21.4 Å². The van der Waals surface area contributed by atoms with Gasteiger partial charge in [-0.25, -0.2) is 18.1 Å². The molecule has 102 valence electrons. The zero-order valence-electron chi connectivity index (χ0n) is 10.3. The lowest BCUT2D eigenvalue weighted by molar-refractivity contribution is 0.473. The topological polar surface area (TPSA) is 79.3 Å². The Morgan fingerprint density at radius 1 is 1.42 bits per heavy atom. The molecule has 0 spiro atoms. The number of nitrogens with zero attached hydrogens (tertiary/aromatic N) is 1. The quantitative estimate of drug-likeness (QED) is 0.880. The fourth-order valence-corrected chi connectivity index (χ4v) is 3.39. The van der Waals surface area contributed by atoms with E-state index < -0.39 is 10.0 Å². The van der Waals surface area contributed by atoms with Gasteiger partial charge in [0, 0.05) is 24.0 Å². The van der Waals surface area contributed by atoms with E-state index in [-0.39, 0.29) is 17.2 Å². The van der Waals surface area contributed by atoms with Gasteiger partial charge in [-0.1, -0.05) is 6.07 Å². The highest BCUT2D eigenvalue weighted by Crippen LogP contribution is 2.15. The fraction of sp³-hybridized carbons (Fsp3) is 0.250. The molecular formula is C12H14N2O3S2. The molecule has 1 aromatic carbocycles. The molecule has 0 aliphatic carbocycles. The van der Waals surface area contributed by atoms with Crippen molar-refractivity contribution in [3.05, 3.63) is 40.3 Å². The number of hydrogen-bond acceptors (Lipinski definition) is 5. The van der Waals surface area contributed by atoms with Gasteiger partial charge in [0.25, 0.3) is 0 Å². The minimum Gasteiger partial charge on any atom is -0.508 e. The third-order valence-corrected chi connectivity index (χ3v) is 4.91. The molecule has 2 N–H and O–H groups in total. The molecule has 1 aromatic heterocycles. The number of sulfonamides is 1. The van der Waals surface area contributed by atoms with Gasteiger partial charge in [0.1, 0.15) is 5.75 Å². The van der Waals surface area contributed by atoms with Gasteiger partial charge in [-0.3, -0.25) is 0 Å². The molecule has 2 rings (SSSR count). The molecule has 0 unspecified atom stereocenters. The van der Waals surface area contributed by atoms with Crippen molar-refractivity contribution in [1.29, 1.82) is 0 Å². The van der Waals surface area contributed by atoms with Crippen LogP contribution in [-0.4, -0.2) is 25.1 Å². The lowest BCUT2D eigenvalue weighted by Gasteiger charge is -2.06. The van der Waals surface area contributed by atoms with E-state index in [1.807, 2.05) is 12.3 Å². The van der Waals surface area contributed by atoms with Gasteiger partial charge < -0.3 is 5.11 Å². The molecule has 1 heterocycles. The second-order valence-corrected chi connectivity index (χ2v) is 6.74. The number of phenolic OH excluding ortho intramolecular Hbond substituents is 1. The number of thiazole rings is 1. The first-order valence-electron chi connectivity index (χ1n) is 5.67. The number of aromatic hydroxyl groups is 1. The largest absolute Gasteiger partial charge is 0.508 e. The van der Waals surface area contributed by atoms with Crippen molar-refractivity contribution in [2.75, 3.05) is 6.54 Å². The molecule has 0 bridgehead atoms. The van der Waals surface area contributed by atoms with E-state index in [1.165, 1.54) is 35.6 Å². The number of rotatable bonds is 5. The van der Waals surface area contributed by atoms with Crippen molar-refractivity contribution in [3.63, 3.8) is 0 Å². The van der Waals surface area contributed by atoms with Crippen molar-refractivity contribution in [3.8, 4) is 5.75 Å². The average Bonchev–Trinajstić information content (AvgIpc) is 2.75. The van der Waals surface area contributed by atoms with E-state index in [9.17, 15) is 13.5 Å². The summed E-state index contributed by atoms with van der Waals surface area (Å²) in [5.74, 6) is -0.0709. The Morgan fingerprint density at radius 2 is 2.21 bits per heavy atom. The zero-order chi connectivity index (χ0) is 13.9. The molecule has 0 atom stereocenters. The summed E-state index contributed by atoms with van der Waals surface area (Å²) in [5, 5.41) is 12.1. The summed E-state index contributed by atoms with van der Waals surface area (Å²) >= 11 is 1.51. The molecule has 0 aliphatic heterocycles. The van der Waals surface area contributed by atoms with Crippen LogP contribution < -0.4 is 4.72 Å². The highest BCUT2D eigenvalue weighted by atomic mass is 32.2. The maximum absolute atomic E-state index is 11.9. The SMILES string of the molecule is Cc1csc(CCNS(=O)(=O)c2cccc(O)c2)n1. The number of nitrogens with one attached hydrogen (secondary N) is 1. The predicted octanol–water partition coefficient (Wildman–Crippen LogP) is 1.68. The van der Waals surface area contributed by atoms with Gasteiger partial charge in [-0.2, -0.15) is 0 Å². The zero-order valence-corrected chi connectivity index (χ0v) is 12.0. The third kappa shape index (κ3) is 3.76. The standard InChI is InChI=1S/C12H14N2O3S2/c1-9-8-18-12(14-9)5-6-13-19(16,17)11-4-2-3-10(15)7-11/h2-4,7-8,13,15H,5-6H2,1H3. The molecule has 7 heteroatoms. The molecule has 0 saturated heterocycles. The van der Waals surface area contributed by atoms with Gasteiger partial charge in [0.05, 0.1) is 9.90 Å². The fourth-order valence-electron chi connectivity index (χ4n) is 1.54. The van der Waals surface area contributed by atoms with Crippen LogP contribution in [0.5, 0.6) is 5.75 Å². The van der Waals surface area contributed by atoms with Crippen LogP contribution in [0.15, 0.2) is 34.5 Å². The lowest BCUT2D eigenvalue weighted by atomic mass is 10.3. The smallest absolute Gasteiger partial charge is 0.240 e. The Labute approximate surface area is 116 Å². The first kappa shape index (κ1) is 14.0. The summed E-state index contributed by atoms with van der Waals surface area (Å²) in [6, 6.07) is 5.58. The molecule has 0 aliphatic rings. The van der Waals surface area contributed by atoms with Crippen LogP contribution in [0.4, 0.5) is 0 Å². The Balaban J connectivity index is 1.98.